The standard InChI is InChI=1S/C12H24N2O3/c1-9(2)13-11(12(15)16)4-5-14-6-7-17-10(3)8-14/h9-11,13H,4-8H2,1-3H3,(H,15,16). The Bertz CT molecular complexity index is 246. The number of ether oxygens (including phenoxy) is 1. The fourth-order valence-electron chi connectivity index (χ4n) is 2.09. The average molecular weight is 244 g/mol. The maximum absolute atomic E-state index is 11.1. The fourth-order valence-corrected chi connectivity index (χ4v) is 2.09. The molecule has 1 rings (SSSR count). The van der Waals surface area contributed by atoms with Crippen LogP contribution in [0.1, 0.15) is 27.2 Å². The number of nitrogens with one attached hydrogen (secondary N) is 1. The smallest absolute Gasteiger partial charge is 0.320 e. The van der Waals surface area contributed by atoms with Gasteiger partial charge in [-0.15, -0.1) is 0 Å². The van der Waals surface area contributed by atoms with Crippen LogP contribution in [0.2, 0.25) is 0 Å². The first-order valence-corrected chi connectivity index (χ1v) is 6.32. The van der Waals surface area contributed by atoms with Crippen LogP contribution in [0.5, 0.6) is 0 Å². The zero-order valence-electron chi connectivity index (χ0n) is 11.0. The van der Waals surface area contributed by atoms with Crippen LogP contribution in [-0.4, -0.2) is 60.4 Å². The van der Waals surface area contributed by atoms with Crippen molar-refractivity contribution in [3.05, 3.63) is 0 Å². The maximum Gasteiger partial charge on any atom is 0.320 e. The summed E-state index contributed by atoms with van der Waals surface area (Å²) in [6, 6.07) is -0.257. The number of carbonyl (C=O) groups is 1. The van der Waals surface area contributed by atoms with Crippen molar-refractivity contribution in [3.63, 3.8) is 0 Å². The lowest BCUT2D eigenvalue weighted by molar-refractivity contribution is -0.140. The van der Waals surface area contributed by atoms with Crippen molar-refractivity contribution < 1.29 is 14.6 Å². The normalized spacial score (nSPS) is 23.9. The Labute approximate surface area is 103 Å². The quantitative estimate of drug-likeness (QED) is 0.714. The van der Waals surface area contributed by atoms with E-state index in [0.717, 1.165) is 26.2 Å². The topological polar surface area (TPSA) is 61.8 Å². The monoisotopic (exact) mass is 244 g/mol. The summed E-state index contributed by atoms with van der Waals surface area (Å²) in [6.07, 6.45) is 0.894. The molecule has 1 aliphatic rings. The van der Waals surface area contributed by atoms with Gasteiger partial charge in [0.2, 0.25) is 0 Å². The molecule has 0 aromatic rings. The third kappa shape index (κ3) is 5.48. The lowest BCUT2D eigenvalue weighted by Gasteiger charge is -2.31. The van der Waals surface area contributed by atoms with Crippen LogP contribution in [0.25, 0.3) is 0 Å². The summed E-state index contributed by atoms with van der Waals surface area (Å²) in [5, 5.41) is 12.2. The van der Waals surface area contributed by atoms with E-state index in [1.54, 1.807) is 0 Å². The number of aliphatic carboxylic acids is 1. The molecule has 0 saturated carbocycles. The minimum atomic E-state index is -0.764. The second kappa shape index (κ2) is 6.93. The van der Waals surface area contributed by atoms with Gasteiger partial charge in [-0.25, -0.2) is 0 Å². The van der Waals surface area contributed by atoms with Crippen LogP contribution in [-0.2, 0) is 9.53 Å². The Morgan fingerprint density at radius 1 is 1.59 bits per heavy atom. The van der Waals surface area contributed by atoms with Crippen molar-refractivity contribution in [1.29, 1.82) is 0 Å². The first-order chi connectivity index (χ1) is 7.99. The van der Waals surface area contributed by atoms with Gasteiger partial charge in [-0.2, -0.15) is 0 Å². The van der Waals surface area contributed by atoms with Gasteiger partial charge in [-0.1, -0.05) is 13.8 Å². The summed E-state index contributed by atoms with van der Waals surface area (Å²) in [7, 11) is 0. The predicted molar refractivity (Wildman–Crippen MR) is 66.2 cm³/mol. The second-order valence-corrected chi connectivity index (χ2v) is 4.98. The van der Waals surface area contributed by atoms with E-state index in [1.807, 2.05) is 20.8 Å². The van der Waals surface area contributed by atoms with E-state index in [2.05, 4.69) is 10.2 Å². The van der Waals surface area contributed by atoms with Gasteiger partial charge in [0.25, 0.3) is 0 Å². The lowest BCUT2D eigenvalue weighted by Crippen LogP contribution is -2.46. The average Bonchev–Trinajstić information content (AvgIpc) is 2.23. The van der Waals surface area contributed by atoms with Gasteiger partial charge in [0, 0.05) is 25.7 Å². The molecule has 5 heteroatoms. The van der Waals surface area contributed by atoms with Crippen molar-refractivity contribution in [2.45, 2.75) is 45.4 Å². The second-order valence-electron chi connectivity index (χ2n) is 4.98. The highest BCUT2D eigenvalue weighted by molar-refractivity contribution is 5.73. The highest BCUT2D eigenvalue weighted by Gasteiger charge is 2.21. The van der Waals surface area contributed by atoms with Crippen LogP contribution in [0.3, 0.4) is 0 Å². The van der Waals surface area contributed by atoms with Gasteiger partial charge in [-0.3, -0.25) is 9.69 Å². The Hall–Kier alpha value is -0.650. The summed E-state index contributed by atoms with van der Waals surface area (Å²) < 4.78 is 5.45. The molecule has 1 saturated heterocycles. The molecule has 0 radical (unpaired) electrons. The minimum Gasteiger partial charge on any atom is -0.480 e. The van der Waals surface area contributed by atoms with Gasteiger partial charge in [0.15, 0.2) is 0 Å². The summed E-state index contributed by atoms with van der Waals surface area (Å²) in [5.41, 5.74) is 0. The van der Waals surface area contributed by atoms with E-state index in [1.165, 1.54) is 0 Å². The first-order valence-electron chi connectivity index (χ1n) is 6.32. The Morgan fingerprint density at radius 2 is 2.29 bits per heavy atom. The molecule has 1 fully saturated rings. The molecule has 2 atom stereocenters. The molecule has 5 nitrogen and oxygen atoms in total. The lowest BCUT2D eigenvalue weighted by atomic mass is 10.1. The van der Waals surface area contributed by atoms with E-state index >= 15 is 0 Å². The van der Waals surface area contributed by atoms with Crippen molar-refractivity contribution in [2.24, 2.45) is 0 Å². The molecule has 17 heavy (non-hydrogen) atoms. The SMILES string of the molecule is CC(C)NC(CCN1CCOC(C)C1)C(=O)O. The Kier molecular flexibility index (Phi) is 5.88. The molecule has 0 aromatic heterocycles. The molecule has 0 spiro atoms. The number of carboxylic acid groups (broad SMARTS) is 1. The summed E-state index contributed by atoms with van der Waals surface area (Å²) in [4.78, 5) is 13.3. The van der Waals surface area contributed by atoms with E-state index in [-0.39, 0.29) is 12.1 Å². The van der Waals surface area contributed by atoms with Crippen LogP contribution in [0.15, 0.2) is 0 Å². The molecule has 2 unspecified atom stereocenters. The Morgan fingerprint density at radius 3 is 2.82 bits per heavy atom. The number of rotatable bonds is 6. The van der Waals surface area contributed by atoms with Crippen LogP contribution in [0.4, 0.5) is 0 Å². The molecule has 2 N–H and O–H groups in total. The van der Waals surface area contributed by atoms with E-state index in [4.69, 9.17) is 9.84 Å². The zero-order chi connectivity index (χ0) is 12.8. The van der Waals surface area contributed by atoms with E-state index in [0.29, 0.717) is 6.42 Å². The van der Waals surface area contributed by atoms with Gasteiger partial charge in [0.05, 0.1) is 12.7 Å². The minimum absolute atomic E-state index is 0.194. The molecule has 0 aliphatic carbocycles. The maximum atomic E-state index is 11.1. The van der Waals surface area contributed by atoms with Crippen LogP contribution >= 0.6 is 0 Å². The molecule has 0 amide bonds. The van der Waals surface area contributed by atoms with Crippen molar-refractivity contribution in [2.75, 3.05) is 26.2 Å². The van der Waals surface area contributed by atoms with Gasteiger partial charge in [0.1, 0.15) is 6.04 Å². The van der Waals surface area contributed by atoms with Gasteiger partial charge in [-0.05, 0) is 13.3 Å². The number of hydrogen-bond acceptors (Lipinski definition) is 4. The number of hydrogen-bond donors (Lipinski definition) is 2. The van der Waals surface area contributed by atoms with E-state index < -0.39 is 12.0 Å². The molecule has 0 bridgehead atoms. The summed E-state index contributed by atoms with van der Waals surface area (Å²) in [5.74, 6) is -0.764. The van der Waals surface area contributed by atoms with Gasteiger partial charge >= 0.3 is 5.97 Å². The number of carboxylic acids is 1. The largest absolute Gasteiger partial charge is 0.480 e. The zero-order valence-corrected chi connectivity index (χ0v) is 11.0. The summed E-state index contributed by atoms with van der Waals surface area (Å²) in [6.45, 7) is 9.33. The molecular weight excluding hydrogens is 220 g/mol. The fraction of sp³-hybridized carbons (Fsp3) is 0.917. The molecule has 1 heterocycles. The number of morpholine rings is 1. The molecule has 0 aromatic carbocycles. The Balaban J connectivity index is 2.32. The molecular formula is C12H24N2O3. The van der Waals surface area contributed by atoms with Crippen molar-refractivity contribution in [1.82, 2.24) is 10.2 Å². The summed E-state index contributed by atoms with van der Waals surface area (Å²) >= 11 is 0. The predicted octanol–water partition coefficient (Wildman–Crippen LogP) is 0.548. The van der Waals surface area contributed by atoms with Crippen molar-refractivity contribution in [3.8, 4) is 0 Å². The third-order valence-corrected chi connectivity index (χ3v) is 2.89. The van der Waals surface area contributed by atoms with Crippen molar-refractivity contribution >= 4 is 5.97 Å². The van der Waals surface area contributed by atoms with Gasteiger partial charge < -0.3 is 15.2 Å². The van der Waals surface area contributed by atoms with Crippen LogP contribution in [0, 0.1) is 0 Å². The molecule has 1 aliphatic heterocycles. The molecule has 100 valence electrons. The third-order valence-electron chi connectivity index (χ3n) is 2.89. The van der Waals surface area contributed by atoms with E-state index in [9.17, 15) is 4.79 Å². The highest BCUT2D eigenvalue weighted by atomic mass is 16.5. The first kappa shape index (κ1) is 14.4. The number of nitrogens with zero attached hydrogens (tertiary/aromatic N) is 1. The van der Waals surface area contributed by atoms with Crippen LogP contribution < -0.4 is 5.32 Å². The highest BCUT2D eigenvalue weighted by Crippen LogP contribution is 2.06.